The number of carbonyl (C=O) groups excluding carboxylic acids is 3. The highest BCUT2D eigenvalue weighted by Crippen LogP contribution is 2.26. The van der Waals surface area contributed by atoms with Crippen molar-refractivity contribution in [3.8, 4) is 0 Å². The molecule has 465 valence electrons. The Balaban J connectivity index is -0.0000000719. The second-order valence-corrected chi connectivity index (χ2v) is 21.5. The molecule has 20 nitrogen and oxygen atoms in total. The predicted molar refractivity (Wildman–Crippen MR) is 351 cm³/mol. The van der Waals surface area contributed by atoms with Crippen molar-refractivity contribution in [2.24, 2.45) is 0 Å². The third-order valence-electron chi connectivity index (χ3n) is 8.43. The number of hydroxylamine groups is 1. The maximum Gasteiger partial charge on any atom is 0.286 e. The van der Waals surface area contributed by atoms with Gasteiger partial charge in [0.25, 0.3) is 5.91 Å². The zero-order valence-electron chi connectivity index (χ0n) is 50.5. The minimum Gasteiger partial charge on any atom is -0.345 e. The van der Waals surface area contributed by atoms with Gasteiger partial charge in [-0.1, -0.05) is 181 Å². The molecule has 0 aromatic carbocycles. The fourth-order valence-corrected chi connectivity index (χ4v) is 10.4. The molecule has 0 aliphatic carbocycles. The van der Waals surface area contributed by atoms with Gasteiger partial charge < -0.3 is 14.7 Å². The largest absolute Gasteiger partial charge is 0.345 e. The number of anilines is 3. The maximum absolute atomic E-state index is 11.4. The molecule has 3 fully saturated rings. The normalized spacial score (nSPS) is 13.1. The van der Waals surface area contributed by atoms with Crippen LogP contribution >= 0.6 is 34.0 Å². The summed E-state index contributed by atoms with van der Waals surface area (Å²) in [5, 5.41) is 10.7. The molecule has 3 aliphatic heterocycles. The molecule has 6 rings (SSSR count). The van der Waals surface area contributed by atoms with Crippen molar-refractivity contribution in [3.05, 3.63) is 33.2 Å². The highest BCUT2D eigenvalue weighted by molar-refractivity contribution is 7.88. The van der Waals surface area contributed by atoms with Crippen LogP contribution in [0.5, 0.6) is 0 Å². The molecule has 29 heteroatoms. The van der Waals surface area contributed by atoms with Crippen LogP contribution in [0.2, 0.25) is 0 Å². The van der Waals surface area contributed by atoms with Gasteiger partial charge in [-0.15, -0.1) is 0 Å². The molecule has 79 heavy (non-hydrogen) atoms. The summed E-state index contributed by atoms with van der Waals surface area (Å²) < 4.78 is 72.6. The van der Waals surface area contributed by atoms with Crippen molar-refractivity contribution in [2.45, 2.75) is 161 Å². The number of hydrogen-bond acceptors (Lipinski definition) is 19. The molecule has 0 saturated carbocycles. The number of amides is 1. The Hall–Kier alpha value is -3.02. The van der Waals surface area contributed by atoms with E-state index < -0.39 is 36.0 Å². The number of carbonyl (C=O) groups is 3. The lowest BCUT2D eigenvalue weighted by molar-refractivity contribution is 0.0710. The lowest BCUT2D eigenvalue weighted by Crippen LogP contribution is -2.48. The van der Waals surface area contributed by atoms with E-state index in [1.807, 2.05) is 139 Å². The van der Waals surface area contributed by atoms with Crippen molar-refractivity contribution in [1.82, 2.24) is 33.3 Å². The van der Waals surface area contributed by atoms with Gasteiger partial charge in [0, 0.05) is 118 Å². The Kier molecular flexibility index (Phi) is 80.7. The van der Waals surface area contributed by atoms with E-state index in [4.69, 9.17) is 5.21 Å². The van der Waals surface area contributed by atoms with Crippen LogP contribution in [0.4, 0.5) is 15.4 Å². The van der Waals surface area contributed by atoms with Crippen molar-refractivity contribution in [2.75, 3.05) is 112 Å². The van der Waals surface area contributed by atoms with E-state index >= 15 is 0 Å². The average molecular weight is 1240 g/mol. The van der Waals surface area contributed by atoms with Gasteiger partial charge in [-0.25, -0.2) is 45.7 Å². The molecule has 6 heterocycles. The van der Waals surface area contributed by atoms with Gasteiger partial charge >= 0.3 is 0 Å². The standard InChI is InChI=1S/2C10H15N3O3S2.C9H14N4O4S2.9C2H6.3CH4.3B/c2*1-8(14)9-7-11-10(17-9)12-3-5-13(6-4-12)18(2,15)16;1-19(16,17)13-4-2-12(3-5-13)9-10-6-7(18-9)8(14)11-15;9*1-2;;;;;;/h2*7H,3-6H2,1-2H3;6,15H,2-5H2,1H3,(H,11,14);9*1-2H3;3*1H4;;;. The van der Waals surface area contributed by atoms with Gasteiger partial charge in [-0.2, -0.15) is 12.9 Å². The molecule has 3 aliphatic rings. The van der Waals surface area contributed by atoms with Crippen molar-refractivity contribution < 1.29 is 44.8 Å². The maximum atomic E-state index is 11.4. The van der Waals surface area contributed by atoms with Gasteiger partial charge in [-0.3, -0.25) is 19.6 Å². The molecule has 0 spiro atoms. The smallest absolute Gasteiger partial charge is 0.286 e. The Morgan fingerprint density at radius 3 is 0.734 bits per heavy atom. The fraction of sp³-hybridized carbons (Fsp3) is 0.760. The first-order chi connectivity index (χ1) is 34.7. The van der Waals surface area contributed by atoms with E-state index in [0.717, 1.165) is 21.6 Å². The summed E-state index contributed by atoms with van der Waals surface area (Å²) in [6, 6.07) is 0. The third-order valence-corrected chi connectivity index (χ3v) is 15.7. The van der Waals surface area contributed by atoms with E-state index in [-0.39, 0.29) is 59.1 Å². The monoisotopic (exact) mass is 1240 g/mol. The molecule has 3 aromatic heterocycles. The summed E-state index contributed by atoms with van der Waals surface area (Å²) in [7, 11) is -9.36. The van der Waals surface area contributed by atoms with E-state index in [1.54, 1.807) is 17.9 Å². The van der Waals surface area contributed by atoms with Crippen LogP contribution in [0.1, 0.15) is 190 Å². The first-order valence-corrected chi connectivity index (χ1v) is 33.6. The molecule has 2 N–H and O–H groups in total. The predicted octanol–water partition coefficient (Wildman–Crippen LogP) is 10.2. The SMILES string of the molecule is C.C.C.CC.CC.CC.CC.CC.CC.CC.CC.CC.CC(=O)c1cnc(N2CCN(S(C)(=O)=O)CC2)s1.CC(=O)c1cnc(N2CCN(S(C)(=O)=O)CC2)s1.CS(=O)(=O)N1CCN(c2ncc(C(=O)NO)s2)CC1.[B].[B].[B]. The Bertz CT molecular complexity index is 2070. The zero-order valence-corrected chi connectivity index (χ0v) is 55.4. The van der Waals surface area contributed by atoms with E-state index in [0.29, 0.717) is 98.3 Å². The quantitative estimate of drug-likeness (QED) is 0.0876. The second kappa shape index (κ2) is 61.1. The summed E-state index contributed by atoms with van der Waals surface area (Å²) >= 11 is 3.86. The Morgan fingerprint density at radius 1 is 0.405 bits per heavy atom. The molecule has 3 saturated heterocycles. The van der Waals surface area contributed by atoms with E-state index in [1.165, 1.54) is 74.4 Å². The van der Waals surface area contributed by atoms with Crippen LogP contribution in [0, 0.1) is 0 Å². The third kappa shape index (κ3) is 41.6. The number of hydrogen-bond donors (Lipinski definition) is 2. The molecule has 0 atom stereocenters. The molecule has 9 radical (unpaired) electrons. The fourth-order valence-electron chi connectivity index (χ4n) is 5.35. The first kappa shape index (κ1) is 104. The summed E-state index contributed by atoms with van der Waals surface area (Å²) in [6.45, 7) is 45.2. The van der Waals surface area contributed by atoms with Crippen LogP contribution in [-0.2, 0) is 30.1 Å². The van der Waals surface area contributed by atoms with Gasteiger partial charge in [0.05, 0.1) is 47.1 Å². The number of rotatable bonds is 9. The number of nitrogens with zero attached hydrogens (tertiary/aromatic N) is 9. The van der Waals surface area contributed by atoms with Crippen LogP contribution < -0.4 is 20.2 Å². The van der Waals surface area contributed by atoms with Crippen molar-refractivity contribution in [3.63, 3.8) is 0 Å². The molecule has 1 amide bonds. The van der Waals surface area contributed by atoms with Crippen LogP contribution in [-0.4, -0.2) is 198 Å². The van der Waals surface area contributed by atoms with E-state index in [9.17, 15) is 39.6 Å². The number of sulfonamides is 3. The minimum atomic E-state index is -3.15. The van der Waals surface area contributed by atoms with E-state index in [2.05, 4.69) is 15.0 Å². The van der Waals surface area contributed by atoms with Crippen LogP contribution in [0.25, 0.3) is 0 Å². The number of thiazole rings is 3. The molecule has 0 unspecified atom stereocenters. The number of nitrogens with one attached hydrogen (secondary N) is 1. The summed E-state index contributed by atoms with van der Waals surface area (Å²) in [5.74, 6) is -0.583. The van der Waals surface area contributed by atoms with Crippen LogP contribution in [0.15, 0.2) is 18.6 Å². The van der Waals surface area contributed by atoms with Gasteiger partial charge in [0.1, 0.15) is 4.88 Å². The first-order valence-electron chi connectivity index (χ1n) is 25.6. The number of ketones is 2. The van der Waals surface area contributed by atoms with Gasteiger partial charge in [0.15, 0.2) is 27.0 Å². The average Bonchev–Trinajstić information content (AvgIpc) is 4.25. The van der Waals surface area contributed by atoms with Gasteiger partial charge in [-0.05, 0) is 0 Å². The number of piperazine rings is 3. The molecular formula is C50H110B3N10O10S6. The summed E-state index contributed by atoms with van der Waals surface area (Å²) in [5.41, 5.74) is 1.55. The Labute approximate surface area is 503 Å². The highest BCUT2D eigenvalue weighted by Gasteiger charge is 2.27. The second-order valence-electron chi connectivity index (χ2n) is 12.5. The molecule has 3 aromatic rings. The molecular weight excluding hydrogens is 1130 g/mol. The zero-order chi connectivity index (χ0) is 58.7. The topological polar surface area (TPSA) is 244 Å². The Morgan fingerprint density at radius 2 is 0.582 bits per heavy atom. The van der Waals surface area contributed by atoms with Crippen molar-refractivity contribution in [1.29, 1.82) is 0 Å². The lowest BCUT2D eigenvalue weighted by atomic mass is 10.4. The summed E-state index contributed by atoms with van der Waals surface area (Å²) in [6.07, 6.45) is 8.17. The number of Topliss-reactive ketones (excluding diaryl/α,β-unsaturated/α-hetero) is 2. The highest BCUT2D eigenvalue weighted by atomic mass is 32.2. The summed E-state index contributed by atoms with van der Waals surface area (Å²) in [4.78, 5) is 53.6. The van der Waals surface area contributed by atoms with Gasteiger partial charge in [0.2, 0.25) is 30.1 Å². The lowest BCUT2D eigenvalue weighted by Gasteiger charge is -2.32. The minimum absolute atomic E-state index is 0. The van der Waals surface area contributed by atoms with Crippen LogP contribution in [0.3, 0.4) is 0 Å². The van der Waals surface area contributed by atoms with Crippen molar-refractivity contribution >= 4 is 122 Å². The molecule has 0 bridgehead atoms. The number of aromatic nitrogens is 3.